The largest absolute Gasteiger partial charge is 0.491 e. The van der Waals surface area contributed by atoms with Crippen LogP contribution in [0.1, 0.15) is 39.8 Å². The Hall–Kier alpha value is -4.26. The molecule has 0 aliphatic carbocycles. The SMILES string of the molecule is CCC(=O)O[C@@H](Cc1ccc2c(N)ncnn12)[C@@](C#N)(COP(=O)(N[C@@H](C)C(=O)OC(C)C)Oc1ccc(OCCOC)cc1)OC. The number of carbonyl (C=O) groups excluding carboxylic acids is 2. The maximum Gasteiger partial charge on any atom is 0.459 e. The summed E-state index contributed by atoms with van der Waals surface area (Å²) in [6, 6.07) is 10.4. The molecule has 4 atom stereocenters. The molecule has 17 heteroatoms. The summed E-state index contributed by atoms with van der Waals surface area (Å²) >= 11 is 0. The number of carbonyl (C=O) groups is 2. The Morgan fingerprint density at radius 2 is 1.79 bits per heavy atom. The number of ether oxygens (including phenoxy) is 5. The number of nitrogen functional groups attached to an aromatic ring is 1. The fourth-order valence-electron chi connectivity index (χ4n) is 4.20. The van der Waals surface area contributed by atoms with Gasteiger partial charge in [0.1, 0.15) is 48.7 Å². The monoisotopic (exact) mass is 676 g/mol. The molecule has 0 aliphatic heterocycles. The van der Waals surface area contributed by atoms with Crippen molar-refractivity contribution >= 4 is 31.0 Å². The molecule has 2 aromatic heterocycles. The average Bonchev–Trinajstić information content (AvgIpc) is 3.46. The topological polar surface area (TPSA) is 208 Å². The summed E-state index contributed by atoms with van der Waals surface area (Å²) in [5, 5.41) is 17.2. The van der Waals surface area contributed by atoms with Gasteiger partial charge < -0.3 is 33.9 Å². The summed E-state index contributed by atoms with van der Waals surface area (Å²) in [5.41, 5.74) is 4.96. The second-order valence-corrected chi connectivity index (χ2v) is 12.2. The highest BCUT2D eigenvalue weighted by Gasteiger charge is 2.46. The van der Waals surface area contributed by atoms with Crippen LogP contribution in [0.3, 0.4) is 0 Å². The van der Waals surface area contributed by atoms with Crippen molar-refractivity contribution in [3.8, 4) is 17.6 Å². The van der Waals surface area contributed by atoms with E-state index in [-0.39, 0.29) is 24.4 Å². The van der Waals surface area contributed by atoms with Crippen LogP contribution in [-0.2, 0) is 44.0 Å². The van der Waals surface area contributed by atoms with E-state index in [1.54, 1.807) is 52.1 Å². The smallest absolute Gasteiger partial charge is 0.459 e. The quantitative estimate of drug-likeness (QED) is 0.106. The number of nitrogens with zero attached hydrogens (tertiary/aromatic N) is 4. The molecule has 47 heavy (non-hydrogen) atoms. The lowest BCUT2D eigenvalue weighted by Gasteiger charge is -2.34. The molecule has 0 saturated heterocycles. The summed E-state index contributed by atoms with van der Waals surface area (Å²) in [6.45, 7) is 6.31. The van der Waals surface area contributed by atoms with E-state index in [0.717, 1.165) is 0 Å². The summed E-state index contributed by atoms with van der Waals surface area (Å²) in [5.74, 6) is -0.532. The molecule has 1 aromatic carbocycles. The van der Waals surface area contributed by atoms with Crippen LogP contribution in [-0.4, -0.2) is 84.4 Å². The van der Waals surface area contributed by atoms with Crippen LogP contribution >= 0.6 is 7.75 Å². The van der Waals surface area contributed by atoms with Gasteiger partial charge in [-0.25, -0.2) is 14.1 Å². The summed E-state index contributed by atoms with van der Waals surface area (Å²) in [4.78, 5) is 29.2. The van der Waals surface area contributed by atoms with Crippen molar-refractivity contribution in [1.82, 2.24) is 19.7 Å². The number of esters is 2. The first-order valence-electron chi connectivity index (χ1n) is 14.8. The second kappa shape index (κ2) is 17.1. The van der Waals surface area contributed by atoms with Crippen molar-refractivity contribution in [3.05, 3.63) is 48.4 Å². The van der Waals surface area contributed by atoms with Gasteiger partial charge in [0.25, 0.3) is 0 Å². The Bertz CT molecular complexity index is 1580. The molecule has 0 aliphatic rings. The molecule has 0 spiro atoms. The molecule has 2 heterocycles. The van der Waals surface area contributed by atoms with E-state index in [2.05, 4.69) is 15.2 Å². The van der Waals surface area contributed by atoms with Crippen LogP contribution < -0.4 is 20.1 Å². The molecule has 3 rings (SSSR count). The van der Waals surface area contributed by atoms with Gasteiger partial charge in [-0.2, -0.15) is 15.4 Å². The highest BCUT2D eigenvalue weighted by atomic mass is 31.2. The molecule has 0 radical (unpaired) electrons. The van der Waals surface area contributed by atoms with Crippen LogP contribution in [0.2, 0.25) is 0 Å². The maximum atomic E-state index is 14.3. The van der Waals surface area contributed by atoms with Gasteiger partial charge in [0.05, 0.1) is 12.7 Å². The third kappa shape index (κ3) is 10.1. The van der Waals surface area contributed by atoms with E-state index in [0.29, 0.717) is 30.2 Å². The Morgan fingerprint density at radius 1 is 1.09 bits per heavy atom. The number of nitrogens with two attached hydrogens (primary N) is 1. The first kappa shape index (κ1) is 37.2. The van der Waals surface area contributed by atoms with Crippen LogP contribution in [0.25, 0.3) is 5.52 Å². The van der Waals surface area contributed by atoms with Gasteiger partial charge in [-0.15, -0.1) is 0 Å². The molecule has 0 saturated carbocycles. The third-order valence-corrected chi connectivity index (χ3v) is 8.33. The molecule has 16 nitrogen and oxygen atoms in total. The first-order chi connectivity index (χ1) is 22.4. The number of nitrogens with one attached hydrogen (secondary N) is 1. The molecule has 0 bridgehead atoms. The molecular weight excluding hydrogens is 635 g/mol. The number of fused-ring (bicyclic) bond motifs is 1. The summed E-state index contributed by atoms with van der Waals surface area (Å²) in [6.07, 6.45) is -0.561. The average molecular weight is 677 g/mol. The fourth-order valence-corrected chi connectivity index (χ4v) is 5.72. The lowest BCUT2D eigenvalue weighted by Crippen LogP contribution is -2.51. The minimum Gasteiger partial charge on any atom is -0.491 e. The normalized spacial score (nSPS) is 15.2. The summed E-state index contributed by atoms with van der Waals surface area (Å²) in [7, 11) is -1.71. The lowest BCUT2D eigenvalue weighted by atomic mass is 9.95. The van der Waals surface area contributed by atoms with Gasteiger partial charge in [-0.1, -0.05) is 6.92 Å². The van der Waals surface area contributed by atoms with Gasteiger partial charge in [-0.05, 0) is 57.2 Å². The molecule has 0 fully saturated rings. The zero-order chi connectivity index (χ0) is 34.6. The van der Waals surface area contributed by atoms with Crippen molar-refractivity contribution in [2.45, 2.75) is 64.4 Å². The van der Waals surface area contributed by atoms with Crippen molar-refractivity contribution in [1.29, 1.82) is 5.26 Å². The van der Waals surface area contributed by atoms with Gasteiger partial charge in [-0.3, -0.25) is 14.1 Å². The van der Waals surface area contributed by atoms with E-state index in [9.17, 15) is 19.4 Å². The van der Waals surface area contributed by atoms with Crippen molar-refractivity contribution < 1.29 is 46.9 Å². The number of hydrogen-bond donors (Lipinski definition) is 2. The Labute approximate surface area is 273 Å². The van der Waals surface area contributed by atoms with E-state index in [1.807, 2.05) is 6.07 Å². The zero-order valence-electron chi connectivity index (χ0n) is 27.2. The zero-order valence-corrected chi connectivity index (χ0v) is 28.1. The highest BCUT2D eigenvalue weighted by Crippen LogP contribution is 2.46. The van der Waals surface area contributed by atoms with Gasteiger partial charge in [0.15, 0.2) is 11.9 Å². The number of anilines is 1. The Balaban J connectivity index is 1.94. The maximum absolute atomic E-state index is 14.3. The molecule has 0 amide bonds. The molecule has 3 N–H and O–H groups in total. The Morgan fingerprint density at radius 3 is 2.40 bits per heavy atom. The molecule has 1 unspecified atom stereocenters. The van der Waals surface area contributed by atoms with E-state index in [4.69, 9.17) is 38.5 Å². The van der Waals surface area contributed by atoms with Gasteiger partial charge in [0.2, 0.25) is 5.60 Å². The number of rotatable bonds is 19. The third-order valence-electron chi connectivity index (χ3n) is 6.70. The number of hydrogen-bond acceptors (Lipinski definition) is 14. The number of benzene rings is 1. The van der Waals surface area contributed by atoms with Crippen LogP contribution in [0.15, 0.2) is 42.7 Å². The fraction of sp³-hybridized carbons (Fsp3) is 0.500. The van der Waals surface area contributed by atoms with Gasteiger partial charge in [0, 0.05) is 32.8 Å². The number of nitriles is 1. The van der Waals surface area contributed by atoms with Crippen molar-refractivity contribution in [2.24, 2.45) is 0 Å². The first-order valence-corrected chi connectivity index (χ1v) is 16.3. The summed E-state index contributed by atoms with van der Waals surface area (Å²) < 4.78 is 54.5. The molecule has 256 valence electrons. The standard InChI is InChI=1S/C30H41N6O10P/c1-7-27(37)45-26(16-22-8-13-25-28(32)33-19-34-36(22)25)30(17-31,41-6)18-43-47(39,35-21(4)29(38)44-20(2)3)46-24-11-9-23(10-12-24)42-15-14-40-5/h8-13,19-21,26H,7,14-16,18H2,1-6H3,(H,35,39)(H2,32,33,34)/t21-,26-,30+,47?/m0/s1. The second-order valence-electron chi connectivity index (χ2n) is 10.5. The van der Waals surface area contributed by atoms with E-state index >= 15 is 0 Å². The van der Waals surface area contributed by atoms with Crippen LogP contribution in [0.5, 0.6) is 11.5 Å². The van der Waals surface area contributed by atoms with Crippen molar-refractivity contribution in [3.63, 3.8) is 0 Å². The molecular formula is C30H41N6O10P. The highest BCUT2D eigenvalue weighted by molar-refractivity contribution is 7.52. The lowest BCUT2D eigenvalue weighted by molar-refractivity contribution is -0.165. The predicted molar refractivity (Wildman–Crippen MR) is 168 cm³/mol. The molecule has 3 aromatic rings. The minimum atomic E-state index is -4.48. The van der Waals surface area contributed by atoms with E-state index in [1.165, 1.54) is 37.0 Å². The van der Waals surface area contributed by atoms with Crippen LogP contribution in [0, 0.1) is 11.3 Å². The number of methoxy groups -OCH3 is 2. The van der Waals surface area contributed by atoms with Crippen molar-refractivity contribution in [2.75, 3.05) is 39.8 Å². The van der Waals surface area contributed by atoms with Gasteiger partial charge >= 0.3 is 19.7 Å². The minimum absolute atomic E-state index is 0.00356. The number of aromatic nitrogens is 3. The predicted octanol–water partition coefficient (Wildman–Crippen LogP) is 3.24. The Kier molecular flexibility index (Phi) is 13.5. The van der Waals surface area contributed by atoms with E-state index < -0.39 is 50.1 Å². The van der Waals surface area contributed by atoms with Crippen LogP contribution in [0.4, 0.5) is 5.82 Å².